The number of aliphatic imine (C=N–C) groups is 1. The fraction of sp³-hybridized carbons (Fsp3) is 0.650. The van der Waals surface area contributed by atoms with Gasteiger partial charge in [0.05, 0.1) is 20.3 Å². The number of halogens is 1. The molecule has 6 nitrogen and oxygen atoms in total. The Labute approximate surface area is 180 Å². The number of hydrogen-bond acceptors (Lipinski definition) is 4. The molecule has 0 unspecified atom stereocenters. The lowest BCUT2D eigenvalue weighted by Crippen LogP contribution is -2.39. The van der Waals surface area contributed by atoms with Crippen molar-refractivity contribution in [3.05, 3.63) is 23.8 Å². The summed E-state index contributed by atoms with van der Waals surface area (Å²) in [5, 5.41) is 6.68. The summed E-state index contributed by atoms with van der Waals surface area (Å²) < 4.78 is 16.5. The van der Waals surface area contributed by atoms with Gasteiger partial charge in [-0.05, 0) is 43.4 Å². The lowest BCUT2D eigenvalue weighted by molar-refractivity contribution is 0.0574. The van der Waals surface area contributed by atoms with Crippen molar-refractivity contribution in [1.29, 1.82) is 0 Å². The number of rotatable bonds is 10. The highest BCUT2D eigenvalue weighted by atomic mass is 127. The van der Waals surface area contributed by atoms with E-state index in [1.165, 1.54) is 31.2 Å². The van der Waals surface area contributed by atoms with Crippen molar-refractivity contribution in [2.24, 2.45) is 4.99 Å². The van der Waals surface area contributed by atoms with Gasteiger partial charge in [0.2, 0.25) is 0 Å². The Morgan fingerprint density at radius 3 is 2.44 bits per heavy atom. The molecule has 1 aliphatic rings. The minimum absolute atomic E-state index is 0. The number of methoxy groups -OCH3 is 2. The van der Waals surface area contributed by atoms with E-state index in [9.17, 15) is 0 Å². The van der Waals surface area contributed by atoms with Crippen LogP contribution in [0.25, 0.3) is 0 Å². The summed E-state index contributed by atoms with van der Waals surface area (Å²) in [6, 6.07) is 6.00. The van der Waals surface area contributed by atoms with Crippen LogP contribution in [0, 0.1) is 0 Å². The highest BCUT2D eigenvalue weighted by Gasteiger charge is 2.14. The lowest BCUT2D eigenvalue weighted by Gasteiger charge is -2.14. The van der Waals surface area contributed by atoms with Crippen LogP contribution in [0.15, 0.2) is 23.2 Å². The normalized spacial score (nSPS) is 14.6. The van der Waals surface area contributed by atoms with E-state index in [1.54, 1.807) is 21.3 Å². The zero-order valence-electron chi connectivity index (χ0n) is 16.8. The first-order valence-electron chi connectivity index (χ1n) is 9.54. The van der Waals surface area contributed by atoms with E-state index in [-0.39, 0.29) is 24.0 Å². The van der Waals surface area contributed by atoms with Gasteiger partial charge in [0, 0.05) is 26.7 Å². The van der Waals surface area contributed by atoms with Crippen LogP contribution >= 0.6 is 24.0 Å². The topological polar surface area (TPSA) is 64.1 Å². The third kappa shape index (κ3) is 8.55. The second-order valence-corrected chi connectivity index (χ2v) is 6.50. The van der Waals surface area contributed by atoms with Crippen LogP contribution in [-0.2, 0) is 11.2 Å². The summed E-state index contributed by atoms with van der Waals surface area (Å²) in [7, 11) is 5.09. The molecule has 7 heteroatoms. The molecule has 0 bridgehead atoms. The second-order valence-electron chi connectivity index (χ2n) is 6.50. The van der Waals surface area contributed by atoms with Crippen molar-refractivity contribution < 1.29 is 14.2 Å². The molecule has 1 aromatic rings. The van der Waals surface area contributed by atoms with Gasteiger partial charge in [0.15, 0.2) is 17.5 Å². The third-order valence-electron chi connectivity index (χ3n) is 4.65. The van der Waals surface area contributed by atoms with E-state index in [2.05, 4.69) is 21.7 Å². The average Bonchev–Trinajstić information content (AvgIpc) is 3.19. The highest BCUT2D eigenvalue weighted by molar-refractivity contribution is 14.0. The number of nitrogens with one attached hydrogen (secondary N) is 2. The maximum atomic E-state index is 5.88. The predicted octanol–water partition coefficient (Wildman–Crippen LogP) is 3.38. The van der Waals surface area contributed by atoms with Crippen LogP contribution in [-0.4, -0.2) is 53.0 Å². The monoisotopic (exact) mass is 491 g/mol. The molecular weight excluding hydrogens is 457 g/mol. The molecule has 154 valence electrons. The predicted molar refractivity (Wildman–Crippen MR) is 121 cm³/mol. The Balaban J connectivity index is 0.00000364. The van der Waals surface area contributed by atoms with Crippen molar-refractivity contribution in [1.82, 2.24) is 10.6 Å². The first kappa shape index (κ1) is 23.8. The molecule has 0 saturated heterocycles. The molecule has 0 radical (unpaired) electrons. The van der Waals surface area contributed by atoms with Gasteiger partial charge in [0.1, 0.15) is 0 Å². The largest absolute Gasteiger partial charge is 0.493 e. The molecular formula is C20H34IN3O3. The molecule has 0 aliphatic heterocycles. The number of guanidine groups is 1. The summed E-state index contributed by atoms with van der Waals surface area (Å²) in [6.45, 7) is 2.48. The smallest absolute Gasteiger partial charge is 0.190 e. The Morgan fingerprint density at radius 1 is 1.07 bits per heavy atom. The molecule has 1 aliphatic carbocycles. The lowest BCUT2D eigenvalue weighted by atomic mass is 10.1. The Kier molecular flexibility index (Phi) is 12.2. The Bertz CT molecular complexity index is 563. The van der Waals surface area contributed by atoms with Gasteiger partial charge in [-0.15, -0.1) is 24.0 Å². The minimum atomic E-state index is 0. The standard InChI is InChI=1S/C20H33N3O3.HI/c1-21-20(22-12-6-14-26-17-7-4-5-8-17)23-13-11-16-9-10-18(24-2)19(15-16)25-3;/h9-10,15,17H,4-8,11-14H2,1-3H3,(H2,21,22,23);1H. The van der Waals surface area contributed by atoms with Crippen molar-refractivity contribution in [3.63, 3.8) is 0 Å². The van der Waals surface area contributed by atoms with Crippen molar-refractivity contribution in [3.8, 4) is 11.5 Å². The second kappa shape index (κ2) is 13.9. The van der Waals surface area contributed by atoms with E-state index in [0.717, 1.165) is 50.0 Å². The van der Waals surface area contributed by atoms with Crippen LogP contribution in [0.4, 0.5) is 0 Å². The van der Waals surface area contributed by atoms with Gasteiger partial charge in [-0.1, -0.05) is 18.9 Å². The fourth-order valence-corrected chi connectivity index (χ4v) is 3.17. The first-order chi connectivity index (χ1) is 12.8. The van der Waals surface area contributed by atoms with E-state index in [1.807, 2.05) is 12.1 Å². The molecule has 0 heterocycles. The van der Waals surface area contributed by atoms with Crippen LogP contribution in [0.2, 0.25) is 0 Å². The van der Waals surface area contributed by atoms with Gasteiger partial charge in [-0.3, -0.25) is 4.99 Å². The van der Waals surface area contributed by atoms with Crippen molar-refractivity contribution >= 4 is 29.9 Å². The fourth-order valence-electron chi connectivity index (χ4n) is 3.17. The number of nitrogens with zero attached hydrogens (tertiary/aromatic N) is 1. The van der Waals surface area contributed by atoms with E-state index in [0.29, 0.717) is 6.10 Å². The molecule has 0 aromatic heterocycles. The third-order valence-corrected chi connectivity index (χ3v) is 4.65. The molecule has 1 aromatic carbocycles. The molecule has 27 heavy (non-hydrogen) atoms. The van der Waals surface area contributed by atoms with Crippen molar-refractivity contribution in [2.75, 3.05) is 41.0 Å². The highest BCUT2D eigenvalue weighted by Crippen LogP contribution is 2.27. The van der Waals surface area contributed by atoms with Gasteiger partial charge in [-0.25, -0.2) is 0 Å². The first-order valence-corrected chi connectivity index (χ1v) is 9.54. The number of ether oxygens (including phenoxy) is 3. The van der Waals surface area contributed by atoms with Gasteiger partial charge in [0.25, 0.3) is 0 Å². The number of benzene rings is 1. The van der Waals surface area contributed by atoms with E-state index < -0.39 is 0 Å². The Morgan fingerprint density at radius 2 is 1.78 bits per heavy atom. The van der Waals surface area contributed by atoms with Gasteiger partial charge >= 0.3 is 0 Å². The minimum Gasteiger partial charge on any atom is -0.493 e. The molecule has 2 rings (SSSR count). The maximum absolute atomic E-state index is 5.88. The zero-order valence-corrected chi connectivity index (χ0v) is 19.1. The van der Waals surface area contributed by atoms with Crippen LogP contribution in [0.1, 0.15) is 37.7 Å². The molecule has 0 spiro atoms. The molecule has 1 fully saturated rings. The summed E-state index contributed by atoms with van der Waals surface area (Å²) >= 11 is 0. The van der Waals surface area contributed by atoms with E-state index in [4.69, 9.17) is 14.2 Å². The van der Waals surface area contributed by atoms with Gasteiger partial charge < -0.3 is 24.8 Å². The van der Waals surface area contributed by atoms with E-state index >= 15 is 0 Å². The molecule has 1 saturated carbocycles. The number of hydrogen-bond donors (Lipinski definition) is 2. The molecule has 0 amide bonds. The average molecular weight is 491 g/mol. The summed E-state index contributed by atoms with van der Waals surface area (Å²) in [6.07, 6.45) is 7.46. The SMILES string of the molecule is CN=C(NCCCOC1CCCC1)NCCc1ccc(OC)c(OC)c1.I. The van der Waals surface area contributed by atoms with Crippen LogP contribution in [0.3, 0.4) is 0 Å². The van der Waals surface area contributed by atoms with Crippen molar-refractivity contribution in [2.45, 2.75) is 44.6 Å². The summed E-state index contributed by atoms with van der Waals surface area (Å²) in [5.41, 5.74) is 1.19. The summed E-state index contributed by atoms with van der Waals surface area (Å²) in [4.78, 5) is 4.26. The summed E-state index contributed by atoms with van der Waals surface area (Å²) in [5.74, 6) is 2.34. The molecule has 0 atom stereocenters. The quantitative estimate of drug-likeness (QED) is 0.228. The maximum Gasteiger partial charge on any atom is 0.190 e. The Hall–Kier alpha value is -1.22. The zero-order chi connectivity index (χ0) is 18.6. The molecule has 2 N–H and O–H groups in total. The van der Waals surface area contributed by atoms with Crippen LogP contribution in [0.5, 0.6) is 11.5 Å². The van der Waals surface area contributed by atoms with Gasteiger partial charge in [-0.2, -0.15) is 0 Å². The van der Waals surface area contributed by atoms with Crippen LogP contribution < -0.4 is 20.1 Å².